The zero-order valence-corrected chi connectivity index (χ0v) is 16.8. The summed E-state index contributed by atoms with van der Waals surface area (Å²) in [4.78, 5) is 14.8. The van der Waals surface area contributed by atoms with Crippen molar-refractivity contribution in [2.45, 2.75) is 30.1 Å². The van der Waals surface area contributed by atoms with Gasteiger partial charge in [-0.2, -0.15) is 0 Å². The Kier molecular flexibility index (Phi) is 5.68. The molecule has 1 fully saturated rings. The fourth-order valence-electron chi connectivity index (χ4n) is 3.38. The van der Waals surface area contributed by atoms with Gasteiger partial charge in [0.2, 0.25) is 11.0 Å². The fourth-order valence-corrected chi connectivity index (χ4v) is 5.08. The number of carbonyl (C=O) groups is 1. The van der Waals surface area contributed by atoms with Gasteiger partial charge in [-0.3, -0.25) is 4.79 Å². The van der Waals surface area contributed by atoms with Crippen LogP contribution in [0.4, 0.5) is 5.13 Å². The first-order chi connectivity index (χ1) is 13.2. The molecule has 1 saturated heterocycles. The summed E-state index contributed by atoms with van der Waals surface area (Å²) < 4.78 is 12.1. The van der Waals surface area contributed by atoms with Crippen molar-refractivity contribution in [3.8, 4) is 11.5 Å². The molecule has 0 aliphatic carbocycles. The van der Waals surface area contributed by atoms with Crippen LogP contribution >= 0.6 is 23.1 Å². The van der Waals surface area contributed by atoms with Crippen molar-refractivity contribution in [3.63, 3.8) is 0 Å². The minimum Gasteiger partial charge on any atom is -0.486 e. The highest BCUT2D eigenvalue weighted by atomic mass is 32.2. The van der Waals surface area contributed by atoms with Crippen molar-refractivity contribution in [1.29, 1.82) is 0 Å². The van der Waals surface area contributed by atoms with Gasteiger partial charge in [0, 0.05) is 13.1 Å². The molecule has 0 saturated carbocycles. The number of aromatic nitrogens is 2. The Morgan fingerprint density at radius 2 is 2.19 bits per heavy atom. The number of anilines is 1. The van der Waals surface area contributed by atoms with E-state index in [1.165, 1.54) is 23.1 Å². The average Bonchev–Trinajstić information content (AvgIpc) is 3.36. The maximum absolute atomic E-state index is 12.8. The van der Waals surface area contributed by atoms with Crippen LogP contribution in [-0.2, 0) is 4.79 Å². The lowest BCUT2D eigenvalue weighted by atomic mass is 10.0. The first-order valence-electron chi connectivity index (χ1n) is 9.14. The third-order valence-corrected chi connectivity index (χ3v) is 6.58. The molecule has 0 bridgehead atoms. The van der Waals surface area contributed by atoms with Gasteiger partial charge in [-0.05, 0) is 37.5 Å². The molecule has 27 heavy (non-hydrogen) atoms. The van der Waals surface area contributed by atoms with E-state index in [1.807, 2.05) is 30.0 Å². The van der Waals surface area contributed by atoms with E-state index in [2.05, 4.69) is 15.5 Å². The Morgan fingerprint density at radius 3 is 3.04 bits per heavy atom. The first-order valence-corrected chi connectivity index (χ1v) is 10.9. The third kappa shape index (κ3) is 4.14. The monoisotopic (exact) mass is 406 g/mol. The number of rotatable bonds is 6. The summed E-state index contributed by atoms with van der Waals surface area (Å²) in [5.41, 5.74) is 1.11. The summed E-state index contributed by atoms with van der Waals surface area (Å²) in [5.74, 6) is 2.07. The van der Waals surface area contributed by atoms with Gasteiger partial charge in [-0.15, -0.1) is 10.2 Å². The van der Waals surface area contributed by atoms with Gasteiger partial charge in [-0.1, -0.05) is 29.2 Å². The minimum atomic E-state index is 0.0978. The van der Waals surface area contributed by atoms with Crippen molar-refractivity contribution < 1.29 is 14.3 Å². The molecular formula is C18H22N4O3S2. The summed E-state index contributed by atoms with van der Waals surface area (Å²) in [5, 5.41) is 12.1. The molecule has 9 heteroatoms. The molecule has 3 heterocycles. The van der Waals surface area contributed by atoms with Crippen LogP contribution in [0, 0.1) is 0 Å². The summed E-state index contributed by atoms with van der Waals surface area (Å²) in [6.07, 6.45) is 1.98. The number of carbonyl (C=O) groups excluding carboxylic acids is 1. The van der Waals surface area contributed by atoms with Crippen LogP contribution in [0.2, 0.25) is 0 Å². The molecule has 0 radical (unpaired) electrons. The molecule has 144 valence electrons. The lowest BCUT2D eigenvalue weighted by Crippen LogP contribution is -2.32. The van der Waals surface area contributed by atoms with Crippen LogP contribution in [0.3, 0.4) is 0 Å². The molecule has 1 amide bonds. The normalized spacial score (nSPS) is 18.6. The van der Waals surface area contributed by atoms with E-state index in [0.29, 0.717) is 19.0 Å². The first kappa shape index (κ1) is 18.4. The molecule has 0 unspecified atom stereocenters. The molecule has 2 aliphatic rings. The van der Waals surface area contributed by atoms with Gasteiger partial charge in [0.15, 0.2) is 15.8 Å². The molecule has 7 nitrogen and oxygen atoms in total. The molecule has 1 atom stereocenters. The standard InChI is InChI=1S/C18H22N4O3S2/c1-2-19-17-20-21-18(27-17)26-11-16(23)22-7-3-4-13(22)12-5-6-14-15(10-12)25-9-8-24-14/h5-6,10,13H,2-4,7-9,11H2,1H3,(H,19,20)/t13-/m0/s1. The van der Waals surface area contributed by atoms with Gasteiger partial charge < -0.3 is 19.7 Å². The number of hydrogen-bond acceptors (Lipinski definition) is 8. The Bertz CT molecular complexity index is 814. The van der Waals surface area contributed by atoms with E-state index < -0.39 is 0 Å². The molecule has 1 N–H and O–H groups in total. The third-order valence-electron chi connectivity index (χ3n) is 4.58. The van der Waals surface area contributed by atoms with E-state index in [-0.39, 0.29) is 11.9 Å². The van der Waals surface area contributed by atoms with Gasteiger partial charge in [0.1, 0.15) is 13.2 Å². The Hall–Kier alpha value is -2.00. The highest BCUT2D eigenvalue weighted by Crippen LogP contribution is 2.38. The van der Waals surface area contributed by atoms with Gasteiger partial charge >= 0.3 is 0 Å². The molecule has 2 aromatic rings. The molecule has 1 aromatic carbocycles. The molecule has 0 spiro atoms. The number of likely N-dealkylation sites (tertiary alicyclic amines) is 1. The van der Waals surface area contributed by atoms with E-state index >= 15 is 0 Å². The van der Waals surface area contributed by atoms with Crippen LogP contribution in [0.25, 0.3) is 0 Å². The Labute approximate surface area is 166 Å². The molecule has 2 aliphatic heterocycles. The number of amides is 1. The topological polar surface area (TPSA) is 76.6 Å². The Balaban J connectivity index is 1.40. The number of hydrogen-bond donors (Lipinski definition) is 1. The van der Waals surface area contributed by atoms with Crippen LogP contribution in [0.5, 0.6) is 11.5 Å². The number of nitrogens with one attached hydrogen (secondary N) is 1. The summed E-state index contributed by atoms with van der Waals surface area (Å²) in [6.45, 7) is 4.76. The summed E-state index contributed by atoms with van der Waals surface area (Å²) in [6, 6.07) is 6.11. The van der Waals surface area contributed by atoms with Crippen molar-refractivity contribution in [1.82, 2.24) is 15.1 Å². The second kappa shape index (κ2) is 8.35. The predicted octanol–water partition coefficient (Wildman–Crippen LogP) is 3.20. The van der Waals surface area contributed by atoms with E-state index in [4.69, 9.17) is 9.47 Å². The van der Waals surface area contributed by atoms with Crippen LogP contribution < -0.4 is 14.8 Å². The number of nitrogens with zero attached hydrogens (tertiary/aromatic N) is 3. The maximum Gasteiger partial charge on any atom is 0.233 e. The second-order valence-corrected chi connectivity index (χ2v) is 8.54. The smallest absolute Gasteiger partial charge is 0.233 e. The minimum absolute atomic E-state index is 0.0978. The quantitative estimate of drug-likeness (QED) is 0.738. The summed E-state index contributed by atoms with van der Waals surface area (Å²) in [7, 11) is 0. The van der Waals surface area contributed by atoms with E-state index in [1.54, 1.807) is 0 Å². The van der Waals surface area contributed by atoms with E-state index in [9.17, 15) is 4.79 Å². The van der Waals surface area contributed by atoms with Crippen molar-refractivity contribution in [3.05, 3.63) is 23.8 Å². The van der Waals surface area contributed by atoms with Gasteiger partial charge in [0.25, 0.3) is 0 Å². The number of thioether (sulfide) groups is 1. The predicted molar refractivity (Wildman–Crippen MR) is 106 cm³/mol. The largest absolute Gasteiger partial charge is 0.486 e. The number of benzene rings is 1. The fraction of sp³-hybridized carbons (Fsp3) is 0.500. The number of ether oxygens (including phenoxy) is 2. The highest BCUT2D eigenvalue weighted by molar-refractivity contribution is 8.01. The molecule has 1 aromatic heterocycles. The van der Waals surface area contributed by atoms with Crippen LogP contribution in [0.1, 0.15) is 31.4 Å². The van der Waals surface area contributed by atoms with E-state index in [0.717, 1.165) is 52.5 Å². The highest BCUT2D eigenvalue weighted by Gasteiger charge is 2.31. The van der Waals surface area contributed by atoms with Crippen molar-refractivity contribution >= 4 is 34.1 Å². The Morgan fingerprint density at radius 1 is 1.33 bits per heavy atom. The summed E-state index contributed by atoms with van der Waals surface area (Å²) >= 11 is 2.93. The molecule has 4 rings (SSSR count). The SMILES string of the molecule is CCNc1nnc(SCC(=O)N2CCC[C@H]2c2ccc3c(c2)OCCO3)s1. The van der Waals surface area contributed by atoms with Crippen LogP contribution in [0.15, 0.2) is 22.5 Å². The lowest BCUT2D eigenvalue weighted by Gasteiger charge is -2.26. The molecular weight excluding hydrogens is 384 g/mol. The number of fused-ring (bicyclic) bond motifs is 1. The van der Waals surface area contributed by atoms with Crippen molar-refractivity contribution in [2.75, 3.05) is 37.4 Å². The zero-order valence-electron chi connectivity index (χ0n) is 15.1. The van der Waals surface area contributed by atoms with Crippen LogP contribution in [-0.4, -0.2) is 53.1 Å². The second-order valence-electron chi connectivity index (χ2n) is 6.34. The maximum atomic E-state index is 12.8. The average molecular weight is 407 g/mol. The lowest BCUT2D eigenvalue weighted by molar-refractivity contribution is -0.129. The van der Waals surface area contributed by atoms with Crippen molar-refractivity contribution in [2.24, 2.45) is 0 Å². The zero-order chi connectivity index (χ0) is 18.6. The van der Waals surface area contributed by atoms with Gasteiger partial charge in [0.05, 0.1) is 11.8 Å². The van der Waals surface area contributed by atoms with Gasteiger partial charge in [-0.25, -0.2) is 0 Å².